The van der Waals surface area contributed by atoms with Crippen LogP contribution in [0, 0.1) is 0 Å². The van der Waals surface area contributed by atoms with Crippen LogP contribution in [0.5, 0.6) is 6.01 Å². The summed E-state index contributed by atoms with van der Waals surface area (Å²) < 4.78 is 5.47. The average molecular weight is 307 g/mol. The Kier molecular flexibility index (Phi) is 5.74. The SMILES string of the molecule is CCCOc1nc(NC)nc(NCc2ccc(CC)s2)n1. The van der Waals surface area contributed by atoms with Crippen molar-refractivity contribution in [3.63, 3.8) is 0 Å². The Bertz CT molecular complexity index is 572. The van der Waals surface area contributed by atoms with Crippen LogP contribution in [-0.4, -0.2) is 28.6 Å². The summed E-state index contributed by atoms with van der Waals surface area (Å²) in [4.78, 5) is 15.4. The zero-order valence-corrected chi connectivity index (χ0v) is 13.5. The van der Waals surface area contributed by atoms with Crippen molar-refractivity contribution >= 4 is 23.2 Å². The maximum absolute atomic E-state index is 5.47. The smallest absolute Gasteiger partial charge is 0.323 e. The van der Waals surface area contributed by atoms with Gasteiger partial charge in [0.25, 0.3) is 0 Å². The molecule has 7 heteroatoms. The van der Waals surface area contributed by atoms with Crippen molar-refractivity contribution < 1.29 is 4.74 Å². The molecule has 0 aromatic carbocycles. The molecule has 0 aliphatic rings. The summed E-state index contributed by atoms with van der Waals surface area (Å²) >= 11 is 1.80. The summed E-state index contributed by atoms with van der Waals surface area (Å²) in [5.41, 5.74) is 0. The fraction of sp³-hybridized carbons (Fsp3) is 0.500. The van der Waals surface area contributed by atoms with E-state index in [4.69, 9.17) is 4.74 Å². The highest BCUT2D eigenvalue weighted by molar-refractivity contribution is 7.12. The van der Waals surface area contributed by atoms with E-state index >= 15 is 0 Å². The lowest BCUT2D eigenvalue weighted by Gasteiger charge is -2.08. The van der Waals surface area contributed by atoms with Gasteiger partial charge >= 0.3 is 6.01 Å². The maximum Gasteiger partial charge on any atom is 0.323 e. The van der Waals surface area contributed by atoms with E-state index in [2.05, 4.69) is 44.6 Å². The van der Waals surface area contributed by atoms with Crippen LogP contribution in [0.2, 0.25) is 0 Å². The third kappa shape index (κ3) is 4.56. The number of hydrogen-bond acceptors (Lipinski definition) is 7. The van der Waals surface area contributed by atoms with Crippen LogP contribution in [0.4, 0.5) is 11.9 Å². The Balaban J connectivity index is 2.03. The van der Waals surface area contributed by atoms with E-state index in [1.54, 1.807) is 18.4 Å². The van der Waals surface area contributed by atoms with Gasteiger partial charge in [-0.3, -0.25) is 0 Å². The van der Waals surface area contributed by atoms with Gasteiger partial charge in [0, 0.05) is 16.8 Å². The molecule has 21 heavy (non-hydrogen) atoms. The van der Waals surface area contributed by atoms with Gasteiger partial charge < -0.3 is 15.4 Å². The predicted molar refractivity (Wildman–Crippen MR) is 86.2 cm³/mol. The topological polar surface area (TPSA) is 72.0 Å². The number of nitrogens with one attached hydrogen (secondary N) is 2. The maximum atomic E-state index is 5.47. The van der Waals surface area contributed by atoms with Gasteiger partial charge in [0.15, 0.2) is 0 Å². The largest absolute Gasteiger partial charge is 0.463 e. The molecular formula is C14H21N5OS. The zero-order valence-electron chi connectivity index (χ0n) is 12.6. The molecular weight excluding hydrogens is 286 g/mol. The van der Waals surface area contributed by atoms with Gasteiger partial charge in [-0.15, -0.1) is 11.3 Å². The second kappa shape index (κ2) is 7.78. The minimum atomic E-state index is 0.346. The highest BCUT2D eigenvalue weighted by atomic mass is 32.1. The van der Waals surface area contributed by atoms with E-state index in [9.17, 15) is 0 Å². The van der Waals surface area contributed by atoms with E-state index in [0.717, 1.165) is 12.8 Å². The summed E-state index contributed by atoms with van der Waals surface area (Å²) in [6.45, 7) is 5.50. The molecule has 114 valence electrons. The van der Waals surface area contributed by atoms with Crippen LogP contribution in [-0.2, 0) is 13.0 Å². The van der Waals surface area contributed by atoms with Crippen LogP contribution < -0.4 is 15.4 Å². The Labute approximate surface area is 129 Å². The number of hydrogen-bond donors (Lipinski definition) is 2. The van der Waals surface area contributed by atoms with Crippen molar-refractivity contribution in [2.45, 2.75) is 33.2 Å². The lowest BCUT2D eigenvalue weighted by molar-refractivity contribution is 0.292. The molecule has 0 aliphatic carbocycles. The molecule has 2 N–H and O–H groups in total. The molecule has 2 aromatic rings. The zero-order chi connectivity index (χ0) is 15.1. The van der Waals surface area contributed by atoms with Crippen molar-refractivity contribution in [3.8, 4) is 6.01 Å². The average Bonchev–Trinajstić information content (AvgIpc) is 2.98. The molecule has 0 amide bonds. The Morgan fingerprint density at radius 3 is 2.52 bits per heavy atom. The first-order valence-electron chi connectivity index (χ1n) is 7.13. The van der Waals surface area contributed by atoms with Gasteiger partial charge in [-0.05, 0) is 25.0 Å². The van der Waals surface area contributed by atoms with E-state index in [-0.39, 0.29) is 0 Å². The first-order chi connectivity index (χ1) is 10.2. The molecule has 6 nitrogen and oxygen atoms in total. The van der Waals surface area contributed by atoms with Crippen LogP contribution in [0.1, 0.15) is 30.0 Å². The van der Waals surface area contributed by atoms with E-state index in [0.29, 0.717) is 31.1 Å². The van der Waals surface area contributed by atoms with Crippen molar-refractivity contribution in [2.24, 2.45) is 0 Å². The van der Waals surface area contributed by atoms with Gasteiger partial charge in [0.1, 0.15) is 0 Å². The van der Waals surface area contributed by atoms with Gasteiger partial charge in [0.05, 0.1) is 13.2 Å². The van der Waals surface area contributed by atoms with E-state index in [1.165, 1.54) is 9.75 Å². The Hall–Kier alpha value is -1.89. The number of anilines is 2. The molecule has 2 rings (SSSR count). The van der Waals surface area contributed by atoms with Crippen LogP contribution in [0.3, 0.4) is 0 Å². The van der Waals surface area contributed by atoms with Gasteiger partial charge in [-0.25, -0.2) is 0 Å². The molecule has 0 spiro atoms. The molecule has 0 atom stereocenters. The first-order valence-corrected chi connectivity index (χ1v) is 7.94. The quantitative estimate of drug-likeness (QED) is 0.781. The number of aromatic nitrogens is 3. The van der Waals surface area contributed by atoms with Crippen molar-refractivity contribution in [3.05, 3.63) is 21.9 Å². The van der Waals surface area contributed by atoms with Gasteiger partial charge in [-0.2, -0.15) is 15.0 Å². The summed E-state index contributed by atoms with van der Waals surface area (Å²) in [6.07, 6.45) is 1.98. The second-order valence-electron chi connectivity index (χ2n) is 4.44. The molecule has 0 saturated carbocycles. The lowest BCUT2D eigenvalue weighted by Crippen LogP contribution is -2.09. The number of ether oxygens (including phenoxy) is 1. The Morgan fingerprint density at radius 2 is 1.86 bits per heavy atom. The highest BCUT2D eigenvalue weighted by Gasteiger charge is 2.07. The predicted octanol–water partition coefficient (Wildman–Crippen LogP) is 2.94. The number of thiophene rings is 1. The number of aryl methyl sites for hydroxylation is 1. The van der Waals surface area contributed by atoms with Gasteiger partial charge in [-0.1, -0.05) is 13.8 Å². The van der Waals surface area contributed by atoms with Crippen LogP contribution >= 0.6 is 11.3 Å². The lowest BCUT2D eigenvalue weighted by atomic mass is 10.4. The van der Waals surface area contributed by atoms with E-state index in [1.807, 2.05) is 6.92 Å². The minimum absolute atomic E-state index is 0.346. The van der Waals surface area contributed by atoms with Crippen LogP contribution in [0.25, 0.3) is 0 Å². The van der Waals surface area contributed by atoms with Crippen molar-refractivity contribution in [1.82, 2.24) is 15.0 Å². The molecule has 0 fully saturated rings. The normalized spacial score (nSPS) is 10.4. The molecule has 2 aromatic heterocycles. The summed E-state index contributed by atoms with van der Waals surface area (Å²) in [6, 6.07) is 4.63. The highest BCUT2D eigenvalue weighted by Crippen LogP contribution is 2.18. The molecule has 2 heterocycles. The summed E-state index contributed by atoms with van der Waals surface area (Å²) in [5, 5.41) is 6.13. The van der Waals surface area contributed by atoms with Crippen LogP contribution in [0.15, 0.2) is 12.1 Å². The summed E-state index contributed by atoms with van der Waals surface area (Å²) in [7, 11) is 1.77. The summed E-state index contributed by atoms with van der Waals surface area (Å²) in [5.74, 6) is 1.02. The molecule has 0 radical (unpaired) electrons. The fourth-order valence-electron chi connectivity index (χ4n) is 1.68. The third-order valence-corrected chi connectivity index (χ3v) is 3.99. The fourth-order valence-corrected chi connectivity index (χ4v) is 2.58. The van der Waals surface area contributed by atoms with Crippen molar-refractivity contribution in [1.29, 1.82) is 0 Å². The molecule has 0 unspecified atom stereocenters. The third-order valence-electron chi connectivity index (χ3n) is 2.76. The number of rotatable bonds is 8. The number of nitrogens with zero attached hydrogens (tertiary/aromatic N) is 3. The monoisotopic (exact) mass is 307 g/mol. The van der Waals surface area contributed by atoms with E-state index < -0.39 is 0 Å². The molecule has 0 bridgehead atoms. The Morgan fingerprint density at radius 1 is 1.10 bits per heavy atom. The van der Waals surface area contributed by atoms with Crippen molar-refractivity contribution in [2.75, 3.05) is 24.3 Å². The van der Waals surface area contributed by atoms with Gasteiger partial charge in [0.2, 0.25) is 11.9 Å². The molecule has 0 saturated heterocycles. The standard InChI is InChI=1S/C14H21N5OS/c1-4-8-20-14-18-12(15-3)17-13(19-14)16-9-11-7-6-10(5-2)21-11/h6-7H,4-5,8-9H2,1-3H3,(H2,15,16,17,18,19). The molecule has 0 aliphatic heterocycles. The minimum Gasteiger partial charge on any atom is -0.463 e. The second-order valence-corrected chi connectivity index (χ2v) is 5.69. The first kappa shape index (κ1) is 15.5.